The van der Waals surface area contributed by atoms with Crippen molar-refractivity contribution < 1.29 is 17.1 Å². The Morgan fingerprint density at radius 2 is 1.02 bits per heavy atom. The van der Waals surface area contributed by atoms with Gasteiger partial charge in [0.25, 0.3) is 0 Å². The van der Waals surface area contributed by atoms with E-state index in [1.54, 1.807) is 0 Å². The van der Waals surface area contributed by atoms with Gasteiger partial charge in [-0.05, 0) is 54.8 Å². The van der Waals surface area contributed by atoms with Gasteiger partial charge >= 0.3 is 0 Å². The standard InChI is InChI=1S/C32H31NP2.C5H6.Fe/c1-26(33(2)35(29-20-11-5-12-21-29)30-22-13-6-14-23-30)31-24-15-25-32(31)34(27-16-7-3-8-17-27)28-18-9-4-10-19-28;1-2-4-5-3-1;/h3-26,31H,1-2H3;1-4H,5H2;/t26-,31?;;/m1../s1. The van der Waals surface area contributed by atoms with E-state index in [-0.39, 0.29) is 17.1 Å². The van der Waals surface area contributed by atoms with Crippen LogP contribution in [0, 0.1) is 5.92 Å². The van der Waals surface area contributed by atoms with Gasteiger partial charge in [0.15, 0.2) is 0 Å². The Hall–Kier alpha value is -2.82. The second kappa shape index (κ2) is 16.0. The zero-order valence-corrected chi connectivity index (χ0v) is 26.5. The molecule has 4 aromatic carbocycles. The van der Waals surface area contributed by atoms with E-state index in [1.807, 2.05) is 0 Å². The molecule has 0 N–H and O–H groups in total. The van der Waals surface area contributed by atoms with Gasteiger partial charge in [0.05, 0.1) is 0 Å². The molecule has 2 aliphatic carbocycles. The third-order valence-electron chi connectivity index (χ3n) is 7.30. The molecule has 2 aliphatic rings. The Kier molecular flexibility index (Phi) is 12.1. The molecule has 4 aromatic rings. The van der Waals surface area contributed by atoms with Crippen molar-refractivity contribution in [3.05, 3.63) is 169 Å². The molecule has 4 heteroatoms. The molecule has 2 atom stereocenters. The monoisotopic (exact) mass is 613 g/mol. The van der Waals surface area contributed by atoms with Gasteiger partial charge in [0.2, 0.25) is 0 Å². The van der Waals surface area contributed by atoms with Crippen molar-refractivity contribution in [2.75, 3.05) is 7.05 Å². The van der Waals surface area contributed by atoms with Crippen LogP contribution in [-0.4, -0.2) is 17.8 Å². The molecule has 0 amide bonds. The van der Waals surface area contributed by atoms with Gasteiger partial charge in [-0.1, -0.05) is 164 Å². The summed E-state index contributed by atoms with van der Waals surface area (Å²) in [5, 5.41) is 7.15. The molecular formula is C37H37FeNP2. The summed E-state index contributed by atoms with van der Waals surface area (Å²) in [6.07, 6.45) is 16.6. The minimum absolute atomic E-state index is 0. The Morgan fingerprint density at radius 3 is 1.41 bits per heavy atom. The number of allylic oxidation sites excluding steroid dienone is 6. The van der Waals surface area contributed by atoms with Gasteiger partial charge in [-0.15, -0.1) is 0 Å². The molecule has 0 saturated heterocycles. The third kappa shape index (κ3) is 7.93. The number of hydrogen-bond acceptors (Lipinski definition) is 1. The van der Waals surface area contributed by atoms with Crippen molar-refractivity contribution >= 4 is 37.2 Å². The molecule has 1 unspecified atom stereocenters. The van der Waals surface area contributed by atoms with E-state index in [1.165, 1.54) is 26.5 Å². The normalized spacial score (nSPS) is 15.9. The first-order valence-electron chi connectivity index (χ1n) is 14.0. The molecule has 6 rings (SSSR count). The van der Waals surface area contributed by atoms with Gasteiger partial charge in [-0.3, -0.25) is 4.67 Å². The fourth-order valence-electron chi connectivity index (χ4n) is 5.18. The molecule has 0 saturated carbocycles. The molecule has 1 nitrogen and oxygen atoms in total. The Bertz CT molecular complexity index is 1360. The van der Waals surface area contributed by atoms with E-state index in [0.717, 1.165) is 6.42 Å². The van der Waals surface area contributed by atoms with Crippen LogP contribution in [0.5, 0.6) is 0 Å². The summed E-state index contributed by atoms with van der Waals surface area (Å²) in [5.74, 6) is 0.365. The Balaban J connectivity index is 0.000000584. The molecule has 208 valence electrons. The maximum Gasteiger partial charge on any atom is 0.0281 e. The minimum Gasteiger partial charge on any atom is -0.274 e. The van der Waals surface area contributed by atoms with Crippen molar-refractivity contribution in [2.45, 2.75) is 19.4 Å². The van der Waals surface area contributed by atoms with E-state index in [9.17, 15) is 0 Å². The van der Waals surface area contributed by atoms with Crippen LogP contribution in [0.2, 0.25) is 0 Å². The van der Waals surface area contributed by atoms with Crippen molar-refractivity contribution in [1.29, 1.82) is 0 Å². The fourth-order valence-corrected chi connectivity index (χ4v) is 10.3. The molecule has 0 fully saturated rings. The van der Waals surface area contributed by atoms with E-state index in [0.29, 0.717) is 12.0 Å². The number of nitrogens with zero attached hydrogens (tertiary/aromatic N) is 1. The molecule has 41 heavy (non-hydrogen) atoms. The number of hydrogen-bond donors (Lipinski definition) is 0. The van der Waals surface area contributed by atoms with Crippen LogP contribution in [0.4, 0.5) is 0 Å². The SMILES string of the molecule is C1=CCC=C1.C[C@H](C1C=CC=C1P(c1ccccc1)c1ccccc1)N(C)P(c1ccccc1)c1ccccc1.[Fe]. The summed E-state index contributed by atoms with van der Waals surface area (Å²) < 4.78 is 2.62. The van der Waals surface area contributed by atoms with Gasteiger partial charge < -0.3 is 0 Å². The first-order chi connectivity index (χ1) is 19.7. The largest absolute Gasteiger partial charge is 0.274 e. The van der Waals surface area contributed by atoms with Gasteiger partial charge in [0.1, 0.15) is 0 Å². The average molecular weight is 614 g/mol. The van der Waals surface area contributed by atoms with Gasteiger partial charge in [-0.25, -0.2) is 0 Å². The van der Waals surface area contributed by atoms with Crippen LogP contribution < -0.4 is 21.2 Å². The second-order valence-electron chi connectivity index (χ2n) is 9.90. The molecule has 0 radical (unpaired) electrons. The number of benzene rings is 4. The Labute approximate surface area is 259 Å². The number of rotatable bonds is 8. The summed E-state index contributed by atoms with van der Waals surface area (Å²) in [4.78, 5) is 0. The van der Waals surface area contributed by atoms with Crippen molar-refractivity contribution in [3.8, 4) is 0 Å². The van der Waals surface area contributed by atoms with E-state index in [4.69, 9.17) is 0 Å². The summed E-state index contributed by atoms with van der Waals surface area (Å²) in [5.41, 5.74) is 0. The maximum atomic E-state index is 2.62. The molecule has 0 spiro atoms. The predicted octanol–water partition coefficient (Wildman–Crippen LogP) is 8.06. The molecule has 0 aromatic heterocycles. The minimum atomic E-state index is -0.635. The molecule has 0 bridgehead atoms. The van der Waals surface area contributed by atoms with Crippen LogP contribution in [-0.2, 0) is 17.1 Å². The summed E-state index contributed by atoms with van der Waals surface area (Å²) in [7, 11) is 1.08. The van der Waals surface area contributed by atoms with Crippen molar-refractivity contribution in [3.63, 3.8) is 0 Å². The van der Waals surface area contributed by atoms with Crippen molar-refractivity contribution in [1.82, 2.24) is 4.67 Å². The third-order valence-corrected chi connectivity index (χ3v) is 12.5. The molecular weight excluding hydrogens is 576 g/mol. The van der Waals surface area contributed by atoms with Gasteiger partial charge in [-0.2, -0.15) is 0 Å². The maximum absolute atomic E-state index is 2.62. The first-order valence-corrected chi connectivity index (χ1v) is 16.6. The van der Waals surface area contributed by atoms with Crippen LogP contribution >= 0.6 is 16.0 Å². The zero-order valence-electron chi connectivity index (χ0n) is 23.6. The van der Waals surface area contributed by atoms with E-state index >= 15 is 0 Å². The van der Waals surface area contributed by atoms with Gasteiger partial charge in [0, 0.05) is 37.1 Å². The van der Waals surface area contributed by atoms with Crippen LogP contribution in [0.15, 0.2) is 169 Å². The van der Waals surface area contributed by atoms with E-state index in [2.05, 4.69) is 183 Å². The predicted molar refractivity (Wildman–Crippen MR) is 179 cm³/mol. The molecule has 0 aliphatic heterocycles. The summed E-state index contributed by atoms with van der Waals surface area (Å²) >= 11 is 0. The van der Waals surface area contributed by atoms with Crippen LogP contribution in [0.25, 0.3) is 0 Å². The summed E-state index contributed by atoms with van der Waals surface area (Å²) in [6.45, 7) is 2.40. The topological polar surface area (TPSA) is 3.24 Å². The molecule has 0 heterocycles. The Morgan fingerprint density at radius 1 is 0.610 bits per heavy atom. The fraction of sp³-hybridized carbons (Fsp3) is 0.135. The quantitative estimate of drug-likeness (QED) is 0.144. The average Bonchev–Trinajstić information content (AvgIpc) is 3.76. The first kappa shape index (κ1) is 31.1. The summed E-state index contributed by atoms with van der Waals surface area (Å²) in [6, 6.07) is 44.5. The van der Waals surface area contributed by atoms with Crippen LogP contribution in [0.1, 0.15) is 13.3 Å². The second-order valence-corrected chi connectivity index (χ2v) is 14.4. The van der Waals surface area contributed by atoms with Crippen LogP contribution in [0.3, 0.4) is 0 Å². The van der Waals surface area contributed by atoms with E-state index < -0.39 is 16.0 Å². The van der Waals surface area contributed by atoms with Crippen molar-refractivity contribution in [2.24, 2.45) is 5.92 Å². The smallest absolute Gasteiger partial charge is 0.0281 e. The zero-order chi connectivity index (χ0) is 27.6.